The highest BCUT2D eigenvalue weighted by Crippen LogP contribution is 2.31. The number of amides is 1. The molecule has 0 spiro atoms. The Kier molecular flexibility index (Phi) is 4.64. The lowest BCUT2D eigenvalue weighted by atomic mass is 9.77. The van der Waals surface area contributed by atoms with Crippen LogP contribution in [0.4, 0.5) is 0 Å². The molecule has 21 heavy (non-hydrogen) atoms. The number of benzene rings is 1. The summed E-state index contributed by atoms with van der Waals surface area (Å²) in [5.41, 5.74) is 1.60. The molecular weight excluding hydrogens is 262 g/mol. The normalized spacial score (nSPS) is 20.6. The van der Waals surface area contributed by atoms with E-state index in [4.69, 9.17) is 5.26 Å². The Morgan fingerprint density at radius 2 is 2.29 bits per heavy atom. The predicted octanol–water partition coefficient (Wildman–Crippen LogP) is 2.29. The van der Waals surface area contributed by atoms with Gasteiger partial charge in [-0.25, -0.2) is 0 Å². The molecule has 4 nitrogen and oxygen atoms in total. The zero-order valence-electron chi connectivity index (χ0n) is 13.0. The fourth-order valence-corrected chi connectivity index (χ4v) is 2.94. The molecule has 1 unspecified atom stereocenters. The fourth-order valence-electron chi connectivity index (χ4n) is 2.94. The number of rotatable bonds is 3. The molecule has 1 aromatic rings. The molecule has 1 N–H and O–H groups in total. The number of nitriles is 1. The van der Waals surface area contributed by atoms with E-state index in [0.29, 0.717) is 12.1 Å². The highest BCUT2D eigenvalue weighted by Gasteiger charge is 2.38. The van der Waals surface area contributed by atoms with Crippen molar-refractivity contribution < 1.29 is 4.79 Å². The molecule has 1 heterocycles. The summed E-state index contributed by atoms with van der Waals surface area (Å²) in [6.07, 6.45) is 2.18. The Labute approximate surface area is 126 Å². The van der Waals surface area contributed by atoms with Gasteiger partial charge in [-0.3, -0.25) is 4.79 Å². The van der Waals surface area contributed by atoms with Crippen LogP contribution >= 0.6 is 0 Å². The van der Waals surface area contributed by atoms with Crippen molar-refractivity contribution in [3.05, 3.63) is 35.4 Å². The first kappa shape index (κ1) is 15.5. The molecule has 0 bridgehead atoms. The first-order valence-electron chi connectivity index (χ1n) is 7.41. The maximum Gasteiger partial charge on any atom is 0.240 e. The van der Waals surface area contributed by atoms with Gasteiger partial charge in [0.15, 0.2) is 0 Å². The third kappa shape index (κ3) is 3.62. The lowest BCUT2D eigenvalue weighted by molar-refractivity contribution is -0.136. The van der Waals surface area contributed by atoms with E-state index in [1.807, 2.05) is 25.2 Å². The minimum Gasteiger partial charge on any atom is -0.340 e. The summed E-state index contributed by atoms with van der Waals surface area (Å²) in [6.45, 7) is 5.72. The second kappa shape index (κ2) is 6.28. The van der Waals surface area contributed by atoms with Gasteiger partial charge in [-0.2, -0.15) is 5.26 Å². The smallest absolute Gasteiger partial charge is 0.240 e. The second-order valence-electron chi connectivity index (χ2n) is 6.49. The highest BCUT2D eigenvalue weighted by molar-refractivity contribution is 5.82. The monoisotopic (exact) mass is 285 g/mol. The van der Waals surface area contributed by atoms with E-state index >= 15 is 0 Å². The molecule has 1 aromatic carbocycles. The van der Waals surface area contributed by atoms with Crippen molar-refractivity contribution in [3.8, 4) is 6.07 Å². The average Bonchev–Trinajstić information content (AvgIpc) is 2.46. The summed E-state index contributed by atoms with van der Waals surface area (Å²) in [4.78, 5) is 14.4. The summed E-state index contributed by atoms with van der Waals surface area (Å²) < 4.78 is 0. The van der Waals surface area contributed by atoms with Crippen LogP contribution in [-0.4, -0.2) is 30.4 Å². The summed E-state index contributed by atoms with van der Waals surface area (Å²) in [6, 6.07) is 9.42. The van der Waals surface area contributed by atoms with Gasteiger partial charge in [0.1, 0.15) is 0 Å². The number of piperidine rings is 1. The molecule has 1 amide bonds. The van der Waals surface area contributed by atoms with Crippen LogP contribution in [0.15, 0.2) is 24.3 Å². The molecular formula is C17H23N3O. The van der Waals surface area contributed by atoms with Gasteiger partial charge in [-0.1, -0.05) is 26.0 Å². The first-order chi connectivity index (χ1) is 9.94. The first-order valence-corrected chi connectivity index (χ1v) is 7.41. The Hall–Kier alpha value is -1.86. The van der Waals surface area contributed by atoms with Gasteiger partial charge in [0.05, 0.1) is 17.7 Å². The third-order valence-corrected chi connectivity index (χ3v) is 4.23. The predicted molar refractivity (Wildman–Crippen MR) is 82.4 cm³/mol. The van der Waals surface area contributed by atoms with E-state index in [1.165, 1.54) is 0 Å². The summed E-state index contributed by atoms with van der Waals surface area (Å²) >= 11 is 0. The van der Waals surface area contributed by atoms with E-state index in [2.05, 4.69) is 25.2 Å². The van der Waals surface area contributed by atoms with E-state index in [0.717, 1.165) is 24.9 Å². The number of hydrogen-bond donors (Lipinski definition) is 1. The van der Waals surface area contributed by atoms with E-state index in [9.17, 15) is 4.79 Å². The molecule has 1 aliphatic heterocycles. The van der Waals surface area contributed by atoms with Gasteiger partial charge in [0.25, 0.3) is 0 Å². The Bertz CT molecular complexity index is 559. The number of nitrogens with zero attached hydrogens (tertiary/aromatic N) is 2. The molecule has 0 saturated carbocycles. The van der Waals surface area contributed by atoms with Gasteiger partial charge >= 0.3 is 0 Å². The number of carbonyl (C=O) groups is 1. The summed E-state index contributed by atoms with van der Waals surface area (Å²) in [7, 11) is 1.83. The molecule has 1 aliphatic rings. The van der Waals surface area contributed by atoms with E-state index in [-0.39, 0.29) is 17.4 Å². The highest BCUT2D eigenvalue weighted by atomic mass is 16.2. The Balaban J connectivity index is 2.07. The van der Waals surface area contributed by atoms with Crippen LogP contribution in [0.1, 0.15) is 37.8 Å². The van der Waals surface area contributed by atoms with Crippen LogP contribution in [0, 0.1) is 16.7 Å². The van der Waals surface area contributed by atoms with Crippen LogP contribution in [0.25, 0.3) is 0 Å². The van der Waals surface area contributed by atoms with E-state index in [1.54, 1.807) is 11.0 Å². The van der Waals surface area contributed by atoms with Crippen molar-refractivity contribution in [1.82, 2.24) is 10.2 Å². The summed E-state index contributed by atoms with van der Waals surface area (Å²) in [5.74, 6) is 0.127. The van der Waals surface area contributed by atoms with Crippen molar-refractivity contribution in [2.24, 2.45) is 5.41 Å². The molecule has 1 atom stereocenters. The average molecular weight is 285 g/mol. The maximum atomic E-state index is 12.7. The van der Waals surface area contributed by atoms with Crippen molar-refractivity contribution >= 4 is 5.91 Å². The van der Waals surface area contributed by atoms with Crippen LogP contribution in [0.2, 0.25) is 0 Å². The molecule has 0 aromatic heterocycles. The zero-order chi connectivity index (χ0) is 15.5. The minimum absolute atomic E-state index is 0.0158. The van der Waals surface area contributed by atoms with Crippen molar-refractivity contribution in [2.75, 3.05) is 13.6 Å². The fraction of sp³-hybridized carbons (Fsp3) is 0.529. The maximum absolute atomic E-state index is 12.7. The largest absolute Gasteiger partial charge is 0.340 e. The van der Waals surface area contributed by atoms with Crippen molar-refractivity contribution in [3.63, 3.8) is 0 Å². The molecule has 1 fully saturated rings. The quantitative estimate of drug-likeness (QED) is 0.927. The van der Waals surface area contributed by atoms with Gasteiger partial charge in [0.2, 0.25) is 5.91 Å². The zero-order valence-corrected chi connectivity index (χ0v) is 13.0. The lowest BCUT2D eigenvalue weighted by Gasteiger charge is -2.40. The molecule has 1 saturated heterocycles. The van der Waals surface area contributed by atoms with Crippen molar-refractivity contribution in [1.29, 1.82) is 5.26 Å². The number of carbonyl (C=O) groups excluding carboxylic acids is 1. The molecule has 0 aliphatic carbocycles. The number of hydrogen-bond acceptors (Lipinski definition) is 3. The summed E-state index contributed by atoms with van der Waals surface area (Å²) in [5, 5.41) is 12.3. The standard InChI is InChI=1S/C17H23N3O/c1-17(2)8-5-9-19-15(17)16(21)20(3)12-14-7-4-6-13(10-14)11-18/h4,6-7,10,15,19H,5,8-9,12H2,1-3H3. The Morgan fingerprint density at radius 3 is 2.95 bits per heavy atom. The molecule has 0 radical (unpaired) electrons. The van der Waals surface area contributed by atoms with Crippen LogP contribution in [0.3, 0.4) is 0 Å². The van der Waals surface area contributed by atoms with Crippen LogP contribution < -0.4 is 5.32 Å². The molecule has 2 rings (SSSR count). The minimum atomic E-state index is -0.129. The second-order valence-corrected chi connectivity index (χ2v) is 6.49. The topological polar surface area (TPSA) is 56.1 Å². The van der Waals surface area contributed by atoms with Crippen molar-refractivity contribution in [2.45, 2.75) is 39.3 Å². The number of nitrogens with one attached hydrogen (secondary N) is 1. The van der Waals surface area contributed by atoms with E-state index < -0.39 is 0 Å². The lowest BCUT2D eigenvalue weighted by Crippen LogP contribution is -2.55. The van der Waals surface area contributed by atoms with Gasteiger partial charge < -0.3 is 10.2 Å². The van der Waals surface area contributed by atoms with Crippen LogP contribution in [0.5, 0.6) is 0 Å². The SMILES string of the molecule is CN(Cc1cccc(C#N)c1)C(=O)C1NCCCC1(C)C. The molecule has 4 heteroatoms. The Morgan fingerprint density at radius 1 is 1.52 bits per heavy atom. The third-order valence-electron chi connectivity index (χ3n) is 4.23. The van der Waals surface area contributed by atoms with Gasteiger partial charge in [0, 0.05) is 13.6 Å². The molecule has 112 valence electrons. The van der Waals surface area contributed by atoms with Crippen LogP contribution in [-0.2, 0) is 11.3 Å². The number of likely N-dealkylation sites (N-methyl/N-ethyl adjacent to an activating group) is 1. The van der Waals surface area contributed by atoms with Gasteiger partial charge in [-0.05, 0) is 42.5 Å². The van der Waals surface area contributed by atoms with Gasteiger partial charge in [-0.15, -0.1) is 0 Å².